The number of nitrogens with one attached hydrogen (secondary N) is 1. The van der Waals surface area contributed by atoms with Crippen LogP contribution in [0.15, 0.2) is 77.7 Å². The summed E-state index contributed by atoms with van der Waals surface area (Å²) in [5, 5.41) is 3.28. The standard InChI is InChI=1S/C31H35Cl2N3O4S/c1-3-27(31(38)34-24-12-7-8-13-24)35(20-23-10-5-4-6-11-23)29(37)21-36(28-15-9-14-26(32)30(28)33)41(39,40)25-18-16-22(2)17-19-25/h4-6,9-11,14-19,24,27H,3,7-8,12-13,20-21H2,1-2H3,(H,34,38)/t27-/m1/s1. The van der Waals surface area contributed by atoms with Crippen LogP contribution in [0.1, 0.15) is 50.2 Å². The summed E-state index contributed by atoms with van der Waals surface area (Å²) in [6.45, 7) is 3.27. The Kier molecular flexibility index (Phi) is 10.3. The number of benzene rings is 3. The maximum absolute atomic E-state index is 14.2. The second kappa shape index (κ2) is 13.7. The number of carbonyl (C=O) groups excluding carboxylic acids is 2. The summed E-state index contributed by atoms with van der Waals surface area (Å²) in [7, 11) is -4.24. The van der Waals surface area contributed by atoms with Crippen molar-refractivity contribution < 1.29 is 18.0 Å². The predicted molar refractivity (Wildman–Crippen MR) is 164 cm³/mol. The zero-order chi connectivity index (χ0) is 29.6. The molecule has 2 amide bonds. The SMILES string of the molecule is CC[C@H](C(=O)NC1CCCC1)N(Cc1ccccc1)C(=O)CN(c1cccc(Cl)c1Cl)S(=O)(=O)c1ccc(C)cc1. The average molecular weight is 617 g/mol. The van der Waals surface area contributed by atoms with Gasteiger partial charge in [0.1, 0.15) is 12.6 Å². The van der Waals surface area contributed by atoms with E-state index in [2.05, 4.69) is 5.32 Å². The smallest absolute Gasteiger partial charge is 0.264 e. The monoisotopic (exact) mass is 615 g/mol. The lowest BCUT2D eigenvalue weighted by molar-refractivity contribution is -0.140. The normalized spacial score (nSPS) is 14.4. The van der Waals surface area contributed by atoms with Gasteiger partial charge in [-0.1, -0.05) is 97.1 Å². The van der Waals surface area contributed by atoms with Gasteiger partial charge >= 0.3 is 0 Å². The van der Waals surface area contributed by atoms with Gasteiger partial charge in [-0.2, -0.15) is 0 Å². The predicted octanol–water partition coefficient (Wildman–Crippen LogP) is 6.36. The quantitative estimate of drug-likeness (QED) is 0.272. The van der Waals surface area contributed by atoms with Gasteiger partial charge in [0.2, 0.25) is 11.8 Å². The Labute approximate surface area is 252 Å². The van der Waals surface area contributed by atoms with Crippen molar-refractivity contribution in [3.05, 3.63) is 94.0 Å². The van der Waals surface area contributed by atoms with E-state index >= 15 is 0 Å². The van der Waals surface area contributed by atoms with Crippen molar-refractivity contribution in [3.63, 3.8) is 0 Å². The number of sulfonamides is 1. The fraction of sp³-hybridized carbons (Fsp3) is 0.355. The van der Waals surface area contributed by atoms with Crippen molar-refractivity contribution in [2.24, 2.45) is 0 Å². The Bertz CT molecular complexity index is 1460. The summed E-state index contributed by atoms with van der Waals surface area (Å²) in [6, 6.07) is 19.6. The number of aryl methyl sites for hydroxylation is 1. The van der Waals surface area contributed by atoms with Crippen molar-refractivity contribution in [2.75, 3.05) is 10.8 Å². The molecule has 41 heavy (non-hydrogen) atoms. The summed E-state index contributed by atoms with van der Waals surface area (Å²) in [5.74, 6) is -0.772. The fourth-order valence-corrected chi connectivity index (χ4v) is 6.98. The molecule has 4 rings (SSSR count). The summed E-state index contributed by atoms with van der Waals surface area (Å²) < 4.78 is 29.0. The molecule has 3 aromatic rings. The molecule has 0 radical (unpaired) electrons. The van der Waals surface area contributed by atoms with Gasteiger partial charge in [0.05, 0.1) is 20.6 Å². The van der Waals surface area contributed by atoms with Crippen LogP contribution in [0.3, 0.4) is 0 Å². The van der Waals surface area contributed by atoms with Crippen molar-refractivity contribution in [1.29, 1.82) is 0 Å². The fourth-order valence-electron chi connectivity index (χ4n) is 5.10. The molecule has 1 fully saturated rings. The van der Waals surface area contributed by atoms with Crippen molar-refractivity contribution >= 4 is 50.7 Å². The summed E-state index contributed by atoms with van der Waals surface area (Å²) in [4.78, 5) is 29.1. The summed E-state index contributed by atoms with van der Waals surface area (Å²) >= 11 is 12.8. The van der Waals surface area contributed by atoms with Crippen LogP contribution in [-0.2, 0) is 26.2 Å². The molecule has 218 valence electrons. The highest BCUT2D eigenvalue weighted by Gasteiger charge is 2.35. The molecule has 0 saturated heterocycles. The number of amides is 2. The van der Waals surface area contributed by atoms with E-state index in [0.717, 1.165) is 41.1 Å². The third-order valence-electron chi connectivity index (χ3n) is 7.37. The molecule has 1 aliphatic rings. The molecular weight excluding hydrogens is 581 g/mol. The number of hydrogen-bond acceptors (Lipinski definition) is 4. The molecular formula is C31H35Cl2N3O4S. The van der Waals surface area contributed by atoms with Crippen LogP contribution in [0, 0.1) is 6.92 Å². The van der Waals surface area contributed by atoms with Crippen LogP contribution in [0.2, 0.25) is 10.0 Å². The lowest BCUT2D eigenvalue weighted by Gasteiger charge is -2.34. The van der Waals surface area contributed by atoms with Gasteiger partial charge in [-0.3, -0.25) is 13.9 Å². The van der Waals surface area contributed by atoms with Crippen LogP contribution in [0.25, 0.3) is 0 Å². The zero-order valence-corrected chi connectivity index (χ0v) is 25.6. The Balaban J connectivity index is 1.73. The second-order valence-corrected chi connectivity index (χ2v) is 13.0. The molecule has 10 heteroatoms. The van der Waals surface area contributed by atoms with Crippen LogP contribution in [0.5, 0.6) is 0 Å². The highest BCUT2D eigenvalue weighted by Crippen LogP contribution is 2.35. The van der Waals surface area contributed by atoms with Gasteiger partial charge in [-0.05, 0) is 56.0 Å². The maximum atomic E-state index is 14.2. The Hall–Kier alpha value is -3.07. The van der Waals surface area contributed by atoms with Crippen molar-refractivity contribution in [3.8, 4) is 0 Å². The largest absolute Gasteiger partial charge is 0.352 e. The van der Waals surface area contributed by atoms with Gasteiger partial charge in [-0.25, -0.2) is 8.42 Å². The minimum absolute atomic E-state index is 0.00701. The molecule has 1 aliphatic carbocycles. The lowest BCUT2D eigenvalue weighted by atomic mass is 10.1. The van der Waals surface area contributed by atoms with Crippen LogP contribution >= 0.6 is 23.2 Å². The molecule has 3 aromatic carbocycles. The maximum Gasteiger partial charge on any atom is 0.264 e. The van der Waals surface area contributed by atoms with Crippen LogP contribution in [0.4, 0.5) is 5.69 Å². The van der Waals surface area contributed by atoms with Crippen molar-refractivity contribution in [2.45, 2.75) is 69.5 Å². The van der Waals surface area contributed by atoms with E-state index in [4.69, 9.17) is 23.2 Å². The molecule has 0 bridgehead atoms. The number of hydrogen-bond donors (Lipinski definition) is 1. The first-order valence-electron chi connectivity index (χ1n) is 13.8. The summed E-state index contributed by atoms with van der Waals surface area (Å²) in [6.07, 6.45) is 4.29. The molecule has 1 N–H and O–H groups in total. The highest BCUT2D eigenvalue weighted by atomic mass is 35.5. The first-order chi connectivity index (χ1) is 19.6. The lowest BCUT2D eigenvalue weighted by Crippen LogP contribution is -2.53. The number of anilines is 1. The number of rotatable bonds is 11. The molecule has 0 spiro atoms. The average Bonchev–Trinajstić information content (AvgIpc) is 3.47. The molecule has 1 saturated carbocycles. The van der Waals surface area contributed by atoms with E-state index in [1.54, 1.807) is 24.3 Å². The highest BCUT2D eigenvalue weighted by molar-refractivity contribution is 7.92. The zero-order valence-electron chi connectivity index (χ0n) is 23.2. The minimum Gasteiger partial charge on any atom is -0.352 e. The van der Waals surface area contributed by atoms with Crippen molar-refractivity contribution in [1.82, 2.24) is 10.2 Å². The topological polar surface area (TPSA) is 86.8 Å². The molecule has 0 aromatic heterocycles. The second-order valence-electron chi connectivity index (χ2n) is 10.3. The van der Waals surface area contributed by atoms with E-state index < -0.39 is 28.5 Å². The van der Waals surface area contributed by atoms with E-state index in [1.807, 2.05) is 44.2 Å². The Morgan fingerprint density at radius 2 is 1.61 bits per heavy atom. The van der Waals surface area contributed by atoms with Gasteiger partial charge in [0, 0.05) is 12.6 Å². The number of halogens is 2. The molecule has 1 atom stereocenters. The van der Waals surface area contributed by atoms with E-state index in [0.29, 0.717) is 6.42 Å². The van der Waals surface area contributed by atoms with Crippen LogP contribution < -0.4 is 9.62 Å². The molecule has 0 heterocycles. The molecule has 7 nitrogen and oxygen atoms in total. The third-order valence-corrected chi connectivity index (χ3v) is 9.95. The van der Waals surface area contributed by atoms with Crippen LogP contribution in [-0.4, -0.2) is 43.8 Å². The Morgan fingerprint density at radius 3 is 2.24 bits per heavy atom. The van der Waals surface area contributed by atoms with E-state index in [9.17, 15) is 18.0 Å². The Morgan fingerprint density at radius 1 is 0.951 bits per heavy atom. The third kappa shape index (κ3) is 7.42. The summed E-state index contributed by atoms with van der Waals surface area (Å²) in [5.41, 5.74) is 1.79. The van der Waals surface area contributed by atoms with Gasteiger partial charge in [0.25, 0.3) is 10.0 Å². The van der Waals surface area contributed by atoms with Gasteiger partial charge in [0.15, 0.2) is 0 Å². The van der Waals surface area contributed by atoms with Gasteiger partial charge in [-0.15, -0.1) is 0 Å². The van der Waals surface area contributed by atoms with E-state index in [-0.39, 0.29) is 39.1 Å². The molecule has 0 unspecified atom stereocenters. The number of carbonyl (C=O) groups is 2. The first kappa shape index (κ1) is 30.9. The first-order valence-corrected chi connectivity index (χ1v) is 16.0. The number of nitrogens with zero attached hydrogens (tertiary/aromatic N) is 2. The minimum atomic E-state index is -4.24. The van der Waals surface area contributed by atoms with Gasteiger partial charge < -0.3 is 10.2 Å². The van der Waals surface area contributed by atoms with E-state index in [1.165, 1.54) is 23.1 Å². The molecule has 0 aliphatic heterocycles.